The molecule has 0 amide bonds. The number of hydrogen-bond acceptors (Lipinski definition) is 8. The van der Waals surface area contributed by atoms with Crippen molar-refractivity contribution < 1.29 is 31.8 Å². The van der Waals surface area contributed by atoms with E-state index in [1.807, 2.05) is 4.90 Å². The molecule has 9 nitrogen and oxygen atoms in total. The van der Waals surface area contributed by atoms with Gasteiger partial charge < -0.3 is 20.1 Å². The minimum atomic E-state index is -5.03. The molecule has 2 aromatic carbocycles. The smallest absolute Gasteiger partial charge is 0.431 e. The van der Waals surface area contributed by atoms with Gasteiger partial charge in [0.2, 0.25) is 0 Å². The van der Waals surface area contributed by atoms with Crippen LogP contribution < -0.4 is 20.5 Å². The van der Waals surface area contributed by atoms with Crippen molar-refractivity contribution in [3.63, 3.8) is 0 Å². The summed E-state index contributed by atoms with van der Waals surface area (Å²) in [5.41, 5.74) is -3.31. The summed E-state index contributed by atoms with van der Waals surface area (Å²) in [6.45, 7) is 3.04. The molecule has 260 valence electrons. The number of anilines is 1. The number of halogens is 5. The molecule has 6 heterocycles. The van der Waals surface area contributed by atoms with Crippen molar-refractivity contribution in [2.24, 2.45) is 0 Å². The number of fused-ring (bicyclic) bond motifs is 5. The molecule has 2 aromatic heterocycles. The largest absolute Gasteiger partial charge is 0.508 e. The summed E-state index contributed by atoms with van der Waals surface area (Å²) in [6.07, 6.45) is 0.0151. The summed E-state index contributed by atoms with van der Waals surface area (Å²) in [7, 11) is 0. The predicted octanol–water partition coefficient (Wildman–Crippen LogP) is 5.65. The molecule has 0 radical (unpaired) electrons. The first-order valence-electron chi connectivity index (χ1n) is 17.0. The van der Waals surface area contributed by atoms with Crippen molar-refractivity contribution in [3.8, 4) is 17.4 Å². The van der Waals surface area contributed by atoms with E-state index in [0.717, 1.165) is 50.8 Å². The Morgan fingerprint density at radius 1 is 1.08 bits per heavy atom. The molecule has 0 unspecified atom stereocenters. The second-order valence-corrected chi connectivity index (χ2v) is 13.9. The first kappa shape index (κ1) is 32.2. The van der Waals surface area contributed by atoms with Crippen LogP contribution in [0, 0.1) is 5.82 Å². The highest BCUT2D eigenvalue weighted by molar-refractivity contribution is 5.96. The molecule has 2 N–H and O–H groups in total. The highest BCUT2D eigenvalue weighted by Gasteiger charge is 2.50. The highest BCUT2D eigenvalue weighted by atomic mass is 19.4. The van der Waals surface area contributed by atoms with Crippen molar-refractivity contribution >= 4 is 27.5 Å². The topological polar surface area (TPSA) is 95.8 Å². The second-order valence-electron chi connectivity index (χ2n) is 13.9. The maximum absolute atomic E-state index is 15.1. The van der Waals surface area contributed by atoms with Gasteiger partial charge in [0.15, 0.2) is 0 Å². The lowest BCUT2D eigenvalue weighted by molar-refractivity contribution is -0.142. The fraction of sp³-hybridized carbons (Fsp3) is 0.514. The maximum atomic E-state index is 15.1. The van der Waals surface area contributed by atoms with Gasteiger partial charge in [-0.3, -0.25) is 14.3 Å². The SMILES string of the molecule is CCc1c(F)ccc2cc(O)cc(-n3c(C(F)(F)F)cc4c(N5C[C@H]6CC[C@@H](C5)N6)nc(OC[C@]56CCCN5[C@@H](CF)CC6)nc4c3=O)c12. The van der Waals surface area contributed by atoms with Gasteiger partial charge in [-0.1, -0.05) is 13.0 Å². The molecular weight excluding hydrogens is 647 g/mol. The number of piperazine rings is 1. The van der Waals surface area contributed by atoms with Gasteiger partial charge in [-0.15, -0.1) is 0 Å². The summed E-state index contributed by atoms with van der Waals surface area (Å²) < 4.78 is 80.8. The molecule has 2 bridgehead atoms. The molecule has 0 aliphatic carbocycles. The zero-order valence-electron chi connectivity index (χ0n) is 27.0. The number of benzene rings is 2. The molecule has 49 heavy (non-hydrogen) atoms. The number of aromatic hydroxyl groups is 1. The first-order valence-corrected chi connectivity index (χ1v) is 17.0. The van der Waals surface area contributed by atoms with E-state index < -0.39 is 35.5 Å². The monoisotopic (exact) mass is 684 g/mol. The molecule has 4 fully saturated rings. The minimum Gasteiger partial charge on any atom is -0.508 e. The number of pyridine rings is 1. The van der Waals surface area contributed by atoms with E-state index in [1.54, 1.807) is 6.92 Å². The average molecular weight is 685 g/mol. The van der Waals surface area contributed by atoms with Crippen molar-refractivity contribution in [1.82, 2.24) is 24.8 Å². The molecule has 14 heteroatoms. The summed E-state index contributed by atoms with van der Waals surface area (Å²) in [6, 6.07) is 5.67. The third kappa shape index (κ3) is 5.29. The van der Waals surface area contributed by atoms with Gasteiger partial charge >= 0.3 is 12.2 Å². The third-order valence-electron chi connectivity index (χ3n) is 11.0. The summed E-state index contributed by atoms with van der Waals surface area (Å²) in [5, 5.41) is 14.4. The zero-order chi connectivity index (χ0) is 34.2. The van der Waals surface area contributed by atoms with E-state index >= 15 is 17.6 Å². The van der Waals surface area contributed by atoms with Crippen molar-refractivity contribution in [1.29, 1.82) is 0 Å². The number of nitrogens with zero attached hydrogens (tertiary/aromatic N) is 5. The van der Waals surface area contributed by atoms with Gasteiger partial charge in [0.25, 0.3) is 5.56 Å². The number of phenolic OH excluding ortho intramolecular Hbond substituents is 1. The van der Waals surface area contributed by atoms with Crippen LogP contribution in [0.25, 0.3) is 27.4 Å². The Balaban J connectivity index is 1.35. The lowest BCUT2D eigenvalue weighted by Gasteiger charge is -2.35. The Hall–Kier alpha value is -4.04. The summed E-state index contributed by atoms with van der Waals surface area (Å²) in [5.74, 6) is -0.855. The standard InChI is InChI=1S/C35H37F5N6O3/c1-2-24-26(37)7-4-19-12-23(47)13-27(29(19)24)46-28(35(38,39)40)14-25-30(32(46)48)42-33(43-31(25)44-16-20-5-6-21(17-44)41-20)49-18-34-9-3-11-45(34)22(15-36)8-10-34/h4,7,12-14,20-22,41,47H,2-3,5-6,8-11,15-18H2,1H3/t20-,21+,22-,34-/m1/s1. The molecule has 8 rings (SSSR count). The lowest BCUT2D eigenvalue weighted by atomic mass is 9.95. The van der Waals surface area contributed by atoms with Gasteiger partial charge in [-0.25, -0.2) is 8.78 Å². The Kier molecular flexibility index (Phi) is 7.74. The fourth-order valence-corrected chi connectivity index (χ4v) is 8.85. The number of phenols is 1. The van der Waals surface area contributed by atoms with Gasteiger partial charge in [-0.2, -0.15) is 23.1 Å². The number of nitrogens with one attached hydrogen (secondary N) is 1. The Labute approximate surface area is 278 Å². The first-order chi connectivity index (χ1) is 23.5. The van der Waals surface area contributed by atoms with Crippen LogP contribution in [0.5, 0.6) is 11.8 Å². The normalized spacial score (nSPS) is 25.5. The number of hydrogen-bond donors (Lipinski definition) is 2. The minimum absolute atomic E-state index is 0.0763. The molecule has 4 aromatic rings. The molecule has 4 aliphatic heterocycles. The van der Waals surface area contributed by atoms with E-state index in [-0.39, 0.29) is 81.7 Å². The zero-order valence-corrected chi connectivity index (χ0v) is 27.0. The van der Waals surface area contributed by atoms with Gasteiger partial charge in [-0.05, 0) is 80.6 Å². The van der Waals surface area contributed by atoms with Gasteiger partial charge in [0.1, 0.15) is 41.9 Å². The van der Waals surface area contributed by atoms with E-state index in [9.17, 15) is 14.3 Å². The Morgan fingerprint density at radius 2 is 1.86 bits per heavy atom. The Morgan fingerprint density at radius 3 is 2.57 bits per heavy atom. The van der Waals surface area contributed by atoms with Crippen LogP contribution in [0.1, 0.15) is 56.7 Å². The van der Waals surface area contributed by atoms with E-state index in [1.165, 1.54) is 18.2 Å². The number of alkyl halides is 4. The molecule has 4 aliphatic rings. The van der Waals surface area contributed by atoms with Gasteiger partial charge in [0, 0.05) is 42.7 Å². The summed E-state index contributed by atoms with van der Waals surface area (Å²) in [4.78, 5) is 27.7. The van der Waals surface area contributed by atoms with Gasteiger partial charge in [0.05, 0.1) is 16.6 Å². The second kappa shape index (κ2) is 11.8. The number of aryl methyl sites for hydroxylation is 1. The molecule has 0 spiro atoms. The van der Waals surface area contributed by atoms with E-state index in [2.05, 4.69) is 20.2 Å². The average Bonchev–Trinajstić information content (AvgIpc) is 3.75. The highest BCUT2D eigenvalue weighted by Crippen LogP contribution is 2.43. The van der Waals surface area contributed by atoms with Crippen molar-refractivity contribution in [2.75, 3.05) is 37.8 Å². The van der Waals surface area contributed by atoms with Crippen molar-refractivity contribution in [2.45, 2.75) is 81.7 Å². The molecule has 4 saturated heterocycles. The fourth-order valence-electron chi connectivity index (χ4n) is 8.85. The van der Waals surface area contributed by atoms with E-state index in [0.29, 0.717) is 24.1 Å². The van der Waals surface area contributed by atoms with Crippen LogP contribution in [0.4, 0.5) is 27.8 Å². The van der Waals surface area contributed by atoms with Crippen LogP contribution in [0.3, 0.4) is 0 Å². The third-order valence-corrected chi connectivity index (χ3v) is 11.0. The number of ether oxygens (including phenoxy) is 1. The van der Waals surface area contributed by atoms with Crippen LogP contribution in [-0.2, 0) is 12.6 Å². The maximum Gasteiger partial charge on any atom is 0.431 e. The summed E-state index contributed by atoms with van der Waals surface area (Å²) >= 11 is 0. The lowest BCUT2D eigenvalue weighted by Crippen LogP contribution is -2.51. The molecule has 4 atom stereocenters. The van der Waals surface area contributed by atoms with Crippen LogP contribution >= 0.6 is 0 Å². The number of aromatic nitrogens is 3. The Bertz CT molecular complexity index is 2010. The number of rotatable bonds is 7. The molecular formula is C35H37F5N6O3. The van der Waals surface area contributed by atoms with Crippen molar-refractivity contribution in [3.05, 3.63) is 57.8 Å². The predicted molar refractivity (Wildman–Crippen MR) is 174 cm³/mol. The van der Waals surface area contributed by atoms with E-state index in [4.69, 9.17) is 4.74 Å². The quantitative estimate of drug-likeness (QED) is 0.242. The van der Waals surface area contributed by atoms with Crippen LogP contribution in [0.2, 0.25) is 0 Å². The van der Waals surface area contributed by atoms with Crippen LogP contribution in [0.15, 0.2) is 35.1 Å². The van der Waals surface area contributed by atoms with Crippen LogP contribution in [-0.4, -0.2) is 81.1 Å². The molecule has 0 saturated carbocycles.